The highest BCUT2D eigenvalue weighted by Gasteiger charge is 2.21. The zero-order valence-electron chi connectivity index (χ0n) is 11.7. The molecule has 2 heterocycles. The summed E-state index contributed by atoms with van der Waals surface area (Å²) >= 11 is 0. The van der Waals surface area contributed by atoms with Crippen molar-refractivity contribution < 1.29 is 9.90 Å². The Bertz CT molecular complexity index is 577. The molecule has 0 aromatic carbocycles. The summed E-state index contributed by atoms with van der Waals surface area (Å²) in [6.07, 6.45) is 6.86. The van der Waals surface area contributed by atoms with Crippen LogP contribution in [0.3, 0.4) is 0 Å². The fourth-order valence-electron chi connectivity index (χ4n) is 2.16. The van der Waals surface area contributed by atoms with E-state index in [4.69, 9.17) is 5.11 Å². The molecule has 0 aliphatic rings. The quantitative estimate of drug-likeness (QED) is 0.871. The fourth-order valence-corrected chi connectivity index (χ4v) is 2.16. The van der Waals surface area contributed by atoms with Crippen LogP contribution in [0.25, 0.3) is 0 Å². The number of aliphatic carboxylic acids is 1. The lowest BCUT2D eigenvalue weighted by atomic mass is 10.1. The highest BCUT2D eigenvalue weighted by atomic mass is 16.4. The first-order valence-corrected chi connectivity index (χ1v) is 6.64. The Labute approximate surface area is 117 Å². The fraction of sp³-hybridized carbons (Fsp3) is 0.429. The van der Waals surface area contributed by atoms with E-state index in [-0.39, 0.29) is 12.5 Å². The molecule has 2 rings (SSSR count). The first kappa shape index (κ1) is 14.2. The Hall–Kier alpha value is -2.24. The van der Waals surface area contributed by atoms with Crippen molar-refractivity contribution in [3.63, 3.8) is 0 Å². The van der Waals surface area contributed by atoms with Crippen LogP contribution in [0, 0.1) is 6.92 Å². The summed E-state index contributed by atoms with van der Waals surface area (Å²) < 4.78 is 1.77. The summed E-state index contributed by atoms with van der Waals surface area (Å²) in [7, 11) is 0. The number of hydrogen-bond donors (Lipinski definition) is 1. The van der Waals surface area contributed by atoms with Gasteiger partial charge in [-0.05, 0) is 19.4 Å². The number of hydrogen-bond acceptors (Lipinski definition) is 4. The van der Waals surface area contributed by atoms with E-state index >= 15 is 0 Å². The first-order chi connectivity index (χ1) is 9.61. The Morgan fingerprint density at radius 3 is 2.70 bits per heavy atom. The third-order valence-electron chi connectivity index (χ3n) is 3.11. The maximum Gasteiger partial charge on any atom is 0.305 e. The molecular formula is C14H18N4O2. The van der Waals surface area contributed by atoms with Crippen molar-refractivity contribution in [2.75, 3.05) is 0 Å². The van der Waals surface area contributed by atoms with Gasteiger partial charge in [-0.1, -0.05) is 13.3 Å². The molecule has 0 spiro atoms. The van der Waals surface area contributed by atoms with Crippen molar-refractivity contribution in [1.29, 1.82) is 0 Å². The summed E-state index contributed by atoms with van der Waals surface area (Å²) in [5, 5.41) is 13.4. The molecule has 2 aromatic rings. The minimum absolute atomic E-state index is 0.0369. The van der Waals surface area contributed by atoms with Gasteiger partial charge in [-0.15, -0.1) is 0 Å². The standard InChI is InChI=1S/C14H18N4O2/c1-3-4-12-5-6-17-18(12)13(7-14(19)20)11-8-15-10(2)16-9-11/h5-6,8-9,13H,3-4,7H2,1-2H3,(H,19,20). The molecule has 2 aromatic heterocycles. The second kappa shape index (κ2) is 6.27. The lowest BCUT2D eigenvalue weighted by molar-refractivity contribution is -0.137. The largest absolute Gasteiger partial charge is 0.481 e. The molecular weight excluding hydrogens is 256 g/mol. The number of nitrogens with zero attached hydrogens (tertiary/aromatic N) is 4. The van der Waals surface area contributed by atoms with Crippen molar-refractivity contribution in [2.45, 2.75) is 39.2 Å². The van der Waals surface area contributed by atoms with Crippen molar-refractivity contribution in [3.05, 3.63) is 41.7 Å². The molecule has 0 aliphatic carbocycles. The van der Waals surface area contributed by atoms with E-state index in [0.29, 0.717) is 5.82 Å². The normalized spacial score (nSPS) is 12.3. The van der Waals surface area contributed by atoms with Crippen LogP contribution in [-0.4, -0.2) is 30.8 Å². The average Bonchev–Trinajstić information content (AvgIpc) is 2.85. The van der Waals surface area contributed by atoms with Crippen LogP contribution in [0.15, 0.2) is 24.7 Å². The number of aromatic nitrogens is 4. The van der Waals surface area contributed by atoms with Crippen molar-refractivity contribution in [1.82, 2.24) is 19.7 Å². The van der Waals surface area contributed by atoms with Gasteiger partial charge in [-0.25, -0.2) is 9.97 Å². The lowest BCUT2D eigenvalue weighted by Gasteiger charge is -2.18. The average molecular weight is 274 g/mol. The van der Waals surface area contributed by atoms with E-state index in [9.17, 15) is 4.79 Å². The molecule has 0 saturated carbocycles. The van der Waals surface area contributed by atoms with Crippen LogP contribution < -0.4 is 0 Å². The first-order valence-electron chi connectivity index (χ1n) is 6.64. The second-order valence-electron chi connectivity index (χ2n) is 4.69. The molecule has 1 atom stereocenters. The molecule has 1 unspecified atom stereocenters. The van der Waals surface area contributed by atoms with Gasteiger partial charge < -0.3 is 5.11 Å². The number of aryl methyl sites for hydroxylation is 2. The van der Waals surface area contributed by atoms with Crippen molar-refractivity contribution in [2.24, 2.45) is 0 Å². The van der Waals surface area contributed by atoms with Crippen molar-refractivity contribution >= 4 is 5.97 Å². The van der Waals surface area contributed by atoms with Gasteiger partial charge in [0.05, 0.1) is 12.5 Å². The highest BCUT2D eigenvalue weighted by Crippen LogP contribution is 2.22. The Morgan fingerprint density at radius 1 is 1.40 bits per heavy atom. The summed E-state index contributed by atoms with van der Waals surface area (Å²) in [5.41, 5.74) is 1.79. The van der Waals surface area contributed by atoms with E-state index < -0.39 is 5.97 Å². The van der Waals surface area contributed by atoms with Gasteiger partial charge >= 0.3 is 5.97 Å². The molecule has 106 valence electrons. The minimum atomic E-state index is -0.867. The van der Waals surface area contributed by atoms with Gasteiger partial charge in [0.1, 0.15) is 5.82 Å². The van der Waals surface area contributed by atoms with Crippen LogP contribution >= 0.6 is 0 Å². The van der Waals surface area contributed by atoms with Gasteiger partial charge in [-0.3, -0.25) is 9.48 Å². The Balaban J connectivity index is 2.38. The van der Waals surface area contributed by atoms with E-state index in [0.717, 1.165) is 24.1 Å². The molecule has 0 fully saturated rings. The van der Waals surface area contributed by atoms with Crippen LogP contribution in [0.2, 0.25) is 0 Å². The second-order valence-corrected chi connectivity index (χ2v) is 4.69. The van der Waals surface area contributed by atoms with E-state index in [2.05, 4.69) is 22.0 Å². The molecule has 6 nitrogen and oxygen atoms in total. The maximum atomic E-state index is 11.1. The summed E-state index contributed by atoms with van der Waals surface area (Å²) in [5.74, 6) is -0.203. The Kier molecular flexibility index (Phi) is 4.45. The molecule has 0 aliphatic heterocycles. The van der Waals surface area contributed by atoms with Gasteiger partial charge in [0.2, 0.25) is 0 Å². The lowest BCUT2D eigenvalue weighted by Crippen LogP contribution is -2.19. The number of carbonyl (C=O) groups is 1. The van der Waals surface area contributed by atoms with Crippen LogP contribution in [-0.2, 0) is 11.2 Å². The molecule has 0 bridgehead atoms. The number of rotatable bonds is 6. The molecule has 6 heteroatoms. The zero-order chi connectivity index (χ0) is 14.5. The summed E-state index contributed by atoms with van der Waals surface area (Å²) in [4.78, 5) is 19.4. The number of carboxylic acid groups (broad SMARTS) is 1. The number of carboxylic acids is 1. The van der Waals surface area contributed by atoms with Gasteiger partial charge in [0, 0.05) is 29.8 Å². The van der Waals surface area contributed by atoms with E-state index in [1.165, 1.54) is 0 Å². The van der Waals surface area contributed by atoms with Crippen LogP contribution in [0.1, 0.15) is 42.9 Å². The molecule has 0 saturated heterocycles. The predicted molar refractivity (Wildman–Crippen MR) is 73.4 cm³/mol. The predicted octanol–water partition coefficient (Wildman–Crippen LogP) is 2.00. The smallest absolute Gasteiger partial charge is 0.305 e. The monoisotopic (exact) mass is 274 g/mol. The summed E-state index contributed by atoms with van der Waals surface area (Å²) in [6.45, 7) is 3.88. The molecule has 1 N–H and O–H groups in total. The van der Waals surface area contributed by atoms with Gasteiger partial charge in [0.25, 0.3) is 0 Å². The van der Waals surface area contributed by atoms with Crippen LogP contribution in [0.5, 0.6) is 0 Å². The summed E-state index contributed by atoms with van der Waals surface area (Å²) in [6, 6.07) is 1.55. The van der Waals surface area contributed by atoms with Gasteiger partial charge in [0.15, 0.2) is 0 Å². The molecule has 0 radical (unpaired) electrons. The zero-order valence-corrected chi connectivity index (χ0v) is 11.7. The SMILES string of the molecule is CCCc1ccnn1C(CC(=O)O)c1cnc(C)nc1. The van der Waals surface area contributed by atoms with E-state index in [1.54, 1.807) is 30.2 Å². The minimum Gasteiger partial charge on any atom is -0.481 e. The molecule has 0 amide bonds. The third-order valence-corrected chi connectivity index (χ3v) is 3.11. The third kappa shape index (κ3) is 3.20. The highest BCUT2D eigenvalue weighted by molar-refractivity contribution is 5.68. The Morgan fingerprint density at radius 2 is 2.10 bits per heavy atom. The van der Waals surface area contributed by atoms with E-state index in [1.807, 2.05) is 6.07 Å². The molecule has 20 heavy (non-hydrogen) atoms. The topological polar surface area (TPSA) is 80.9 Å². The van der Waals surface area contributed by atoms with Gasteiger partial charge in [-0.2, -0.15) is 5.10 Å². The maximum absolute atomic E-state index is 11.1. The van der Waals surface area contributed by atoms with Crippen LogP contribution in [0.4, 0.5) is 0 Å². The van der Waals surface area contributed by atoms with Crippen molar-refractivity contribution in [3.8, 4) is 0 Å².